The van der Waals surface area contributed by atoms with E-state index >= 15 is 0 Å². The number of nitrogens with zero attached hydrogens (tertiary/aromatic N) is 3. The van der Waals surface area contributed by atoms with Crippen molar-refractivity contribution in [3.63, 3.8) is 0 Å². The van der Waals surface area contributed by atoms with Crippen molar-refractivity contribution in [1.82, 2.24) is 15.0 Å². The largest absolute Gasteiger partial charge is 0.456 e. The second-order valence-electron chi connectivity index (χ2n) is 11.3. The Labute approximate surface area is 259 Å². The number of rotatable bonds is 4. The van der Waals surface area contributed by atoms with Crippen molar-refractivity contribution in [1.29, 1.82) is 0 Å². The van der Waals surface area contributed by atoms with Crippen LogP contribution < -0.4 is 0 Å². The first-order valence-electron chi connectivity index (χ1n) is 15.0. The van der Waals surface area contributed by atoms with Gasteiger partial charge in [0.15, 0.2) is 17.5 Å². The van der Waals surface area contributed by atoms with E-state index in [0.717, 1.165) is 49.4 Å². The van der Waals surface area contributed by atoms with Gasteiger partial charge in [0.25, 0.3) is 0 Å². The summed E-state index contributed by atoms with van der Waals surface area (Å²) in [4.78, 5) is 14.7. The number of fused-ring (bicyclic) bond motifs is 6. The van der Waals surface area contributed by atoms with E-state index in [4.69, 9.17) is 19.4 Å². The molecule has 0 aliphatic rings. The maximum absolute atomic E-state index is 6.16. The van der Waals surface area contributed by atoms with Gasteiger partial charge in [-0.2, -0.15) is 0 Å². The van der Waals surface area contributed by atoms with E-state index in [-0.39, 0.29) is 0 Å². The molecule has 9 aromatic rings. The molecule has 0 radical (unpaired) electrons. The normalized spacial score (nSPS) is 11.6. The molecular formula is C41H25N3O. The molecule has 7 aromatic carbocycles. The van der Waals surface area contributed by atoms with Crippen molar-refractivity contribution in [3.05, 3.63) is 152 Å². The minimum absolute atomic E-state index is 0.652. The van der Waals surface area contributed by atoms with E-state index in [0.29, 0.717) is 17.5 Å². The molecule has 0 fully saturated rings. The lowest BCUT2D eigenvalue weighted by atomic mass is 9.96. The quantitative estimate of drug-likeness (QED) is 0.209. The molecule has 4 nitrogen and oxygen atoms in total. The lowest BCUT2D eigenvalue weighted by molar-refractivity contribution is 0.669. The first-order chi connectivity index (χ1) is 22.3. The van der Waals surface area contributed by atoms with Crippen LogP contribution in [0, 0.1) is 0 Å². The lowest BCUT2D eigenvalue weighted by Crippen LogP contribution is -2.00. The Morgan fingerprint density at radius 2 is 0.844 bits per heavy atom. The van der Waals surface area contributed by atoms with Gasteiger partial charge in [-0.15, -0.1) is 0 Å². The summed E-state index contributed by atoms with van der Waals surface area (Å²) in [5.74, 6) is 1.97. The van der Waals surface area contributed by atoms with Gasteiger partial charge >= 0.3 is 0 Å². The fraction of sp³-hybridized carbons (Fsp3) is 0. The highest BCUT2D eigenvalue weighted by atomic mass is 16.3. The lowest BCUT2D eigenvalue weighted by Gasteiger charge is -2.10. The monoisotopic (exact) mass is 575 g/mol. The van der Waals surface area contributed by atoms with E-state index < -0.39 is 0 Å². The smallest absolute Gasteiger partial charge is 0.164 e. The summed E-state index contributed by atoms with van der Waals surface area (Å²) in [6.07, 6.45) is 0. The maximum atomic E-state index is 6.16. The third kappa shape index (κ3) is 4.43. The van der Waals surface area contributed by atoms with Gasteiger partial charge in [0.2, 0.25) is 0 Å². The van der Waals surface area contributed by atoms with E-state index in [1.807, 2.05) is 72.8 Å². The highest BCUT2D eigenvalue weighted by Gasteiger charge is 2.14. The summed E-state index contributed by atoms with van der Waals surface area (Å²) in [6.45, 7) is 0. The molecule has 2 aromatic heterocycles. The molecule has 0 bridgehead atoms. The molecule has 2 heterocycles. The zero-order valence-electron chi connectivity index (χ0n) is 24.2. The molecule has 0 aliphatic carbocycles. The number of aromatic nitrogens is 3. The molecule has 0 unspecified atom stereocenters. The van der Waals surface area contributed by atoms with Crippen molar-refractivity contribution >= 4 is 43.5 Å². The van der Waals surface area contributed by atoms with Crippen molar-refractivity contribution in [2.24, 2.45) is 0 Å². The second-order valence-corrected chi connectivity index (χ2v) is 11.3. The van der Waals surface area contributed by atoms with Gasteiger partial charge < -0.3 is 4.42 Å². The van der Waals surface area contributed by atoms with E-state index in [9.17, 15) is 0 Å². The first kappa shape index (κ1) is 25.4. The molecule has 0 atom stereocenters. The molecule has 9 rings (SSSR count). The van der Waals surface area contributed by atoms with Gasteiger partial charge in [-0.1, -0.05) is 121 Å². The predicted octanol–water partition coefficient (Wildman–Crippen LogP) is 10.7. The SMILES string of the molecule is c1ccc(-c2nc(-c3ccccc3)nc(-c3ccc4cc(-c5ccc6ccc7oc8ccccc8c7c6c5)ccc4c3)n2)cc1. The summed E-state index contributed by atoms with van der Waals surface area (Å²) in [7, 11) is 0. The minimum atomic E-state index is 0.652. The van der Waals surface area contributed by atoms with Crippen LogP contribution in [0.4, 0.5) is 0 Å². The zero-order valence-corrected chi connectivity index (χ0v) is 24.2. The molecule has 0 saturated carbocycles. The molecule has 210 valence electrons. The van der Waals surface area contributed by atoms with Crippen molar-refractivity contribution < 1.29 is 4.42 Å². The number of furan rings is 1. The minimum Gasteiger partial charge on any atom is -0.456 e. The highest BCUT2D eigenvalue weighted by Crippen LogP contribution is 2.37. The van der Waals surface area contributed by atoms with Crippen LogP contribution in [0.5, 0.6) is 0 Å². The molecule has 0 amide bonds. The average molecular weight is 576 g/mol. The summed E-state index contributed by atoms with van der Waals surface area (Å²) in [6, 6.07) is 52.4. The molecule has 0 spiro atoms. The first-order valence-corrected chi connectivity index (χ1v) is 15.0. The van der Waals surface area contributed by atoms with Gasteiger partial charge in [0, 0.05) is 27.5 Å². The van der Waals surface area contributed by atoms with Crippen LogP contribution in [-0.2, 0) is 0 Å². The summed E-state index contributed by atoms with van der Waals surface area (Å²) >= 11 is 0. The van der Waals surface area contributed by atoms with Crippen LogP contribution in [0.1, 0.15) is 0 Å². The number of hydrogen-bond donors (Lipinski definition) is 0. The van der Waals surface area contributed by atoms with Crippen molar-refractivity contribution in [2.45, 2.75) is 0 Å². The topological polar surface area (TPSA) is 51.8 Å². The van der Waals surface area contributed by atoms with Gasteiger partial charge in [-0.3, -0.25) is 0 Å². The van der Waals surface area contributed by atoms with Crippen LogP contribution in [0.25, 0.3) is 88.8 Å². The van der Waals surface area contributed by atoms with Gasteiger partial charge in [-0.25, -0.2) is 15.0 Å². The Morgan fingerprint density at radius 1 is 0.333 bits per heavy atom. The Kier molecular flexibility index (Phi) is 5.78. The van der Waals surface area contributed by atoms with Crippen LogP contribution in [0.2, 0.25) is 0 Å². The molecule has 0 N–H and O–H groups in total. The number of benzene rings is 7. The van der Waals surface area contributed by atoms with Crippen molar-refractivity contribution in [2.75, 3.05) is 0 Å². The molecule has 0 aliphatic heterocycles. The Bertz CT molecular complexity index is 2480. The summed E-state index contributed by atoms with van der Waals surface area (Å²) in [5, 5.41) is 6.99. The third-order valence-corrected chi connectivity index (χ3v) is 8.49. The van der Waals surface area contributed by atoms with Gasteiger partial charge in [0.05, 0.1) is 0 Å². The Hall–Kier alpha value is -6.13. The zero-order chi connectivity index (χ0) is 29.7. The fourth-order valence-electron chi connectivity index (χ4n) is 6.22. The maximum Gasteiger partial charge on any atom is 0.164 e. The Balaban J connectivity index is 1.14. The van der Waals surface area contributed by atoms with Crippen LogP contribution in [-0.4, -0.2) is 15.0 Å². The van der Waals surface area contributed by atoms with Crippen LogP contribution in [0.15, 0.2) is 156 Å². The summed E-state index contributed by atoms with van der Waals surface area (Å²) in [5.41, 5.74) is 7.03. The van der Waals surface area contributed by atoms with E-state index in [2.05, 4.69) is 78.9 Å². The molecular weight excluding hydrogens is 550 g/mol. The summed E-state index contributed by atoms with van der Waals surface area (Å²) < 4.78 is 6.16. The second kappa shape index (κ2) is 10.2. The van der Waals surface area contributed by atoms with Crippen LogP contribution >= 0.6 is 0 Å². The molecule has 0 saturated heterocycles. The van der Waals surface area contributed by atoms with Gasteiger partial charge in [0.1, 0.15) is 11.2 Å². The highest BCUT2D eigenvalue weighted by molar-refractivity contribution is 6.19. The van der Waals surface area contributed by atoms with Crippen molar-refractivity contribution in [3.8, 4) is 45.3 Å². The fourth-order valence-corrected chi connectivity index (χ4v) is 6.22. The molecule has 4 heteroatoms. The van der Waals surface area contributed by atoms with Gasteiger partial charge in [-0.05, 0) is 63.0 Å². The van der Waals surface area contributed by atoms with Crippen LogP contribution in [0.3, 0.4) is 0 Å². The van der Waals surface area contributed by atoms with E-state index in [1.165, 1.54) is 21.9 Å². The predicted molar refractivity (Wildman–Crippen MR) is 184 cm³/mol. The molecule has 45 heavy (non-hydrogen) atoms. The Morgan fingerprint density at radius 3 is 1.53 bits per heavy atom. The number of hydrogen-bond acceptors (Lipinski definition) is 4. The standard InChI is InChI=1S/C41H25N3O/c1-3-9-27(10-4-1)39-42-40(28-11-5-2-6-12-28)44-41(43-39)33-20-19-29-23-30(17-18-31(29)24-33)32-16-15-26-21-22-37-38(35(26)25-32)34-13-7-8-14-36(34)45-37/h1-25H. The average Bonchev–Trinajstić information content (AvgIpc) is 3.51. The van der Waals surface area contributed by atoms with E-state index in [1.54, 1.807) is 0 Å². The number of para-hydroxylation sites is 1. The third-order valence-electron chi connectivity index (χ3n) is 8.49.